The quantitative estimate of drug-likeness (QED) is 0.768. The van der Waals surface area contributed by atoms with E-state index in [4.69, 9.17) is 5.11 Å². The molecule has 1 aromatic carbocycles. The van der Waals surface area contributed by atoms with E-state index in [0.29, 0.717) is 10.7 Å². The number of anilines is 1. The highest BCUT2D eigenvalue weighted by Gasteiger charge is 2.14. The molecule has 0 fully saturated rings. The molecule has 0 spiro atoms. The molecule has 7 heteroatoms. The standard InChI is InChI=1S/C16H11N3O3S/c20-14(11-6-7-12(16(21)22)17-8-11)19-15-13(18-9-23-15)10-4-2-1-3-5-10/h1-9H,(H,19,20)(H,21,22). The lowest BCUT2D eigenvalue weighted by Gasteiger charge is -2.05. The molecule has 114 valence electrons. The van der Waals surface area contributed by atoms with Gasteiger partial charge in [-0.15, -0.1) is 11.3 Å². The Hall–Kier alpha value is -3.06. The molecule has 2 N–H and O–H groups in total. The Kier molecular flexibility index (Phi) is 4.11. The Bertz CT molecular complexity index is 845. The van der Waals surface area contributed by atoms with Gasteiger partial charge in [0.05, 0.1) is 11.1 Å². The van der Waals surface area contributed by atoms with Gasteiger partial charge >= 0.3 is 5.97 Å². The number of nitrogens with zero attached hydrogens (tertiary/aromatic N) is 2. The summed E-state index contributed by atoms with van der Waals surface area (Å²) in [5.74, 6) is -1.50. The van der Waals surface area contributed by atoms with Crippen LogP contribution in [0.2, 0.25) is 0 Å². The molecule has 0 unspecified atom stereocenters. The van der Waals surface area contributed by atoms with Gasteiger partial charge in [-0.25, -0.2) is 14.8 Å². The molecule has 0 saturated heterocycles. The van der Waals surface area contributed by atoms with Crippen LogP contribution in [0.25, 0.3) is 11.3 Å². The zero-order valence-corrected chi connectivity index (χ0v) is 12.6. The summed E-state index contributed by atoms with van der Waals surface area (Å²) >= 11 is 1.32. The first kappa shape index (κ1) is 14.9. The van der Waals surface area contributed by atoms with E-state index >= 15 is 0 Å². The normalized spacial score (nSPS) is 10.3. The van der Waals surface area contributed by atoms with Crippen LogP contribution in [0.3, 0.4) is 0 Å². The van der Waals surface area contributed by atoms with Crippen LogP contribution < -0.4 is 5.32 Å². The van der Waals surface area contributed by atoms with Crippen LogP contribution in [0.1, 0.15) is 20.8 Å². The number of carboxylic acids is 1. The molecule has 3 aromatic rings. The maximum absolute atomic E-state index is 12.3. The van der Waals surface area contributed by atoms with Crippen molar-refractivity contribution >= 4 is 28.2 Å². The van der Waals surface area contributed by atoms with Gasteiger partial charge in [-0.05, 0) is 12.1 Å². The first-order chi connectivity index (χ1) is 11.1. The number of nitrogens with one attached hydrogen (secondary N) is 1. The topological polar surface area (TPSA) is 92.2 Å². The van der Waals surface area contributed by atoms with E-state index in [1.54, 1.807) is 5.51 Å². The van der Waals surface area contributed by atoms with Gasteiger partial charge in [-0.2, -0.15) is 0 Å². The van der Waals surface area contributed by atoms with Crippen LogP contribution in [0.5, 0.6) is 0 Å². The lowest BCUT2D eigenvalue weighted by molar-refractivity contribution is 0.0690. The second-order valence-corrected chi connectivity index (χ2v) is 5.44. The number of amides is 1. The highest BCUT2D eigenvalue weighted by molar-refractivity contribution is 7.14. The van der Waals surface area contributed by atoms with Crippen molar-refractivity contribution in [2.24, 2.45) is 0 Å². The van der Waals surface area contributed by atoms with Crippen molar-refractivity contribution in [3.63, 3.8) is 0 Å². The maximum atomic E-state index is 12.3. The van der Waals surface area contributed by atoms with Gasteiger partial charge in [-0.3, -0.25) is 4.79 Å². The number of carbonyl (C=O) groups is 2. The number of hydrogen-bond donors (Lipinski definition) is 2. The fourth-order valence-electron chi connectivity index (χ4n) is 1.97. The molecule has 23 heavy (non-hydrogen) atoms. The fraction of sp³-hybridized carbons (Fsp3) is 0. The molecule has 0 bridgehead atoms. The number of carboxylic acid groups (broad SMARTS) is 1. The van der Waals surface area contributed by atoms with Crippen molar-refractivity contribution < 1.29 is 14.7 Å². The van der Waals surface area contributed by atoms with Crippen LogP contribution in [0.15, 0.2) is 54.2 Å². The smallest absolute Gasteiger partial charge is 0.354 e. The summed E-state index contributed by atoms with van der Waals surface area (Å²) in [5, 5.41) is 12.2. The van der Waals surface area contributed by atoms with E-state index in [2.05, 4.69) is 15.3 Å². The molecular formula is C16H11N3O3S. The molecule has 0 aliphatic rings. The van der Waals surface area contributed by atoms with Gasteiger partial charge in [0.25, 0.3) is 5.91 Å². The molecule has 6 nitrogen and oxygen atoms in total. The van der Waals surface area contributed by atoms with Gasteiger partial charge in [0, 0.05) is 11.8 Å². The zero-order valence-electron chi connectivity index (χ0n) is 11.8. The predicted molar refractivity (Wildman–Crippen MR) is 86.7 cm³/mol. The number of carbonyl (C=O) groups excluding carboxylic acids is 1. The predicted octanol–water partition coefficient (Wildman–Crippen LogP) is 3.16. The average Bonchev–Trinajstić information content (AvgIpc) is 3.04. The second-order valence-electron chi connectivity index (χ2n) is 4.59. The highest BCUT2D eigenvalue weighted by Crippen LogP contribution is 2.30. The summed E-state index contributed by atoms with van der Waals surface area (Å²) in [6.07, 6.45) is 1.24. The molecule has 0 aliphatic heterocycles. The molecular weight excluding hydrogens is 314 g/mol. The molecule has 3 rings (SSSR count). The van der Waals surface area contributed by atoms with E-state index in [1.165, 1.54) is 29.7 Å². The second kappa shape index (κ2) is 6.37. The number of pyridine rings is 1. The van der Waals surface area contributed by atoms with Crippen LogP contribution in [-0.4, -0.2) is 27.0 Å². The minimum atomic E-state index is -1.13. The van der Waals surface area contributed by atoms with Crippen molar-refractivity contribution in [2.45, 2.75) is 0 Å². The monoisotopic (exact) mass is 325 g/mol. The summed E-state index contributed by atoms with van der Waals surface area (Å²) in [7, 11) is 0. The van der Waals surface area contributed by atoms with E-state index in [-0.39, 0.29) is 17.2 Å². The average molecular weight is 325 g/mol. The third-order valence-electron chi connectivity index (χ3n) is 3.09. The first-order valence-corrected chi connectivity index (χ1v) is 7.52. The molecule has 0 atom stereocenters. The number of benzene rings is 1. The number of rotatable bonds is 4. The van der Waals surface area contributed by atoms with Crippen LogP contribution in [0, 0.1) is 0 Å². The maximum Gasteiger partial charge on any atom is 0.354 e. The molecule has 0 saturated carbocycles. The number of aromatic nitrogens is 2. The summed E-state index contributed by atoms with van der Waals surface area (Å²) in [4.78, 5) is 31.0. The van der Waals surface area contributed by atoms with E-state index in [9.17, 15) is 9.59 Å². The zero-order chi connectivity index (χ0) is 16.2. The van der Waals surface area contributed by atoms with Crippen LogP contribution in [0.4, 0.5) is 5.00 Å². The minimum absolute atomic E-state index is 0.107. The molecule has 0 radical (unpaired) electrons. The van der Waals surface area contributed by atoms with E-state index < -0.39 is 5.97 Å². The van der Waals surface area contributed by atoms with Gasteiger partial charge in [0.15, 0.2) is 0 Å². The third-order valence-corrected chi connectivity index (χ3v) is 3.83. The van der Waals surface area contributed by atoms with Crippen molar-refractivity contribution in [1.82, 2.24) is 9.97 Å². The SMILES string of the molecule is O=C(Nc1scnc1-c1ccccc1)c1ccc(C(=O)O)nc1. The van der Waals surface area contributed by atoms with E-state index in [1.807, 2.05) is 30.3 Å². The minimum Gasteiger partial charge on any atom is -0.477 e. The Morgan fingerprint density at radius 1 is 1.04 bits per heavy atom. The fourth-order valence-corrected chi connectivity index (χ4v) is 2.66. The van der Waals surface area contributed by atoms with Crippen molar-refractivity contribution in [3.8, 4) is 11.3 Å². The van der Waals surface area contributed by atoms with Gasteiger partial charge < -0.3 is 10.4 Å². The Labute approximate surface area is 135 Å². The largest absolute Gasteiger partial charge is 0.477 e. The third kappa shape index (κ3) is 3.24. The van der Waals surface area contributed by atoms with Crippen LogP contribution in [-0.2, 0) is 0 Å². The summed E-state index contributed by atoms with van der Waals surface area (Å²) < 4.78 is 0. The van der Waals surface area contributed by atoms with Gasteiger partial charge in [0.1, 0.15) is 16.4 Å². The molecule has 2 aromatic heterocycles. The lowest BCUT2D eigenvalue weighted by atomic mass is 10.1. The molecule has 2 heterocycles. The highest BCUT2D eigenvalue weighted by atomic mass is 32.1. The lowest BCUT2D eigenvalue weighted by Crippen LogP contribution is -2.12. The van der Waals surface area contributed by atoms with Gasteiger partial charge in [-0.1, -0.05) is 30.3 Å². The Morgan fingerprint density at radius 3 is 2.48 bits per heavy atom. The summed E-state index contributed by atoms with van der Waals surface area (Å²) in [5.41, 5.74) is 3.43. The van der Waals surface area contributed by atoms with Crippen molar-refractivity contribution in [3.05, 3.63) is 65.4 Å². The van der Waals surface area contributed by atoms with Gasteiger partial charge in [0.2, 0.25) is 0 Å². The molecule has 1 amide bonds. The van der Waals surface area contributed by atoms with Crippen molar-refractivity contribution in [2.75, 3.05) is 5.32 Å². The number of hydrogen-bond acceptors (Lipinski definition) is 5. The summed E-state index contributed by atoms with van der Waals surface area (Å²) in [6, 6.07) is 12.2. The van der Waals surface area contributed by atoms with Crippen molar-refractivity contribution in [1.29, 1.82) is 0 Å². The summed E-state index contributed by atoms with van der Waals surface area (Å²) in [6.45, 7) is 0. The Balaban J connectivity index is 1.81. The Morgan fingerprint density at radius 2 is 1.83 bits per heavy atom. The molecule has 0 aliphatic carbocycles. The first-order valence-electron chi connectivity index (χ1n) is 6.65. The van der Waals surface area contributed by atoms with E-state index in [0.717, 1.165) is 5.56 Å². The number of thiazole rings is 1. The number of aromatic carboxylic acids is 1. The van der Waals surface area contributed by atoms with Crippen LogP contribution >= 0.6 is 11.3 Å².